The summed E-state index contributed by atoms with van der Waals surface area (Å²) in [6.45, 7) is 7.33. The maximum absolute atomic E-state index is 12.0. The third-order valence-electron chi connectivity index (χ3n) is 5.61. The summed E-state index contributed by atoms with van der Waals surface area (Å²) in [4.78, 5) is 14.0. The number of nitrogens with one attached hydrogen (secondary N) is 2. The highest BCUT2D eigenvalue weighted by Crippen LogP contribution is 2.09. The fourth-order valence-corrected chi connectivity index (χ4v) is 3.72. The van der Waals surface area contributed by atoms with E-state index in [0.29, 0.717) is 6.54 Å². The van der Waals surface area contributed by atoms with Gasteiger partial charge in [0.05, 0.1) is 6.54 Å². The van der Waals surface area contributed by atoms with Gasteiger partial charge >= 0.3 is 0 Å². The van der Waals surface area contributed by atoms with Gasteiger partial charge in [-0.1, -0.05) is 76.9 Å². The third kappa shape index (κ3) is 15.1. The Kier molecular flexibility index (Phi) is 17.5. The Morgan fingerprint density at radius 2 is 1.36 bits per heavy atom. The van der Waals surface area contributed by atoms with Crippen molar-refractivity contribution in [1.82, 2.24) is 15.5 Å². The Bertz CT molecular complexity index is 378. The molecule has 1 aliphatic heterocycles. The molecule has 1 fully saturated rings. The predicted molar refractivity (Wildman–Crippen MR) is 122 cm³/mol. The molecule has 0 unspecified atom stereocenters. The van der Waals surface area contributed by atoms with Crippen LogP contribution in [0.1, 0.15) is 96.8 Å². The fraction of sp³-hybridized carbons (Fsp3) is 0.875. The van der Waals surface area contributed by atoms with E-state index in [9.17, 15) is 4.79 Å². The van der Waals surface area contributed by atoms with Crippen molar-refractivity contribution < 1.29 is 4.79 Å². The molecule has 1 rings (SSSR count). The van der Waals surface area contributed by atoms with Crippen molar-refractivity contribution in [3.05, 3.63) is 12.2 Å². The van der Waals surface area contributed by atoms with E-state index in [4.69, 9.17) is 0 Å². The van der Waals surface area contributed by atoms with Crippen LogP contribution in [0.25, 0.3) is 0 Å². The van der Waals surface area contributed by atoms with E-state index in [1.165, 1.54) is 89.9 Å². The molecule has 0 aromatic rings. The number of hydrogen-bond donors (Lipinski definition) is 2. The molecule has 2 N–H and O–H groups in total. The van der Waals surface area contributed by atoms with Gasteiger partial charge in [0.2, 0.25) is 5.91 Å². The van der Waals surface area contributed by atoms with Gasteiger partial charge < -0.3 is 15.5 Å². The minimum absolute atomic E-state index is 0.256. The molecule has 0 aromatic carbocycles. The molecule has 4 nitrogen and oxygen atoms in total. The number of rotatable bonds is 18. The normalized spacial score (nSPS) is 14.8. The zero-order chi connectivity index (χ0) is 20.1. The minimum atomic E-state index is 0.256. The van der Waals surface area contributed by atoms with E-state index in [1.807, 2.05) is 4.90 Å². The summed E-state index contributed by atoms with van der Waals surface area (Å²) in [5.41, 5.74) is 0. The second kappa shape index (κ2) is 19.4. The molecule has 1 heterocycles. The quantitative estimate of drug-likeness (QED) is 0.253. The number of nitrogens with zero attached hydrogens (tertiary/aromatic N) is 1. The van der Waals surface area contributed by atoms with Gasteiger partial charge in [-0.2, -0.15) is 0 Å². The number of piperazine rings is 1. The Hall–Kier alpha value is -0.870. The van der Waals surface area contributed by atoms with Crippen molar-refractivity contribution in [2.24, 2.45) is 0 Å². The fourth-order valence-electron chi connectivity index (χ4n) is 3.72. The Labute approximate surface area is 174 Å². The lowest BCUT2D eigenvalue weighted by atomic mass is 10.1. The van der Waals surface area contributed by atoms with Crippen LogP contribution in [0.2, 0.25) is 0 Å². The predicted octanol–water partition coefficient (Wildman–Crippen LogP) is 5.05. The number of carbonyl (C=O) groups is 1. The standard InChI is InChI=1S/C24H47N3O/c1-2-3-4-5-6-7-8-9-10-11-12-13-14-15-16-17-18-26-23-24(28)27-21-19-25-20-22-27/h9-10,25-26H,2-8,11-23H2,1H3. The highest BCUT2D eigenvalue weighted by Gasteiger charge is 2.14. The van der Waals surface area contributed by atoms with Crippen LogP contribution < -0.4 is 10.6 Å². The van der Waals surface area contributed by atoms with E-state index in [0.717, 1.165) is 32.7 Å². The van der Waals surface area contributed by atoms with Crippen LogP contribution in [-0.2, 0) is 4.79 Å². The number of carbonyl (C=O) groups excluding carboxylic acids is 1. The van der Waals surface area contributed by atoms with Crippen LogP contribution in [0, 0.1) is 0 Å². The topological polar surface area (TPSA) is 44.4 Å². The molecule has 0 spiro atoms. The van der Waals surface area contributed by atoms with Crippen LogP contribution in [0.4, 0.5) is 0 Å². The average Bonchev–Trinajstić information content (AvgIpc) is 2.73. The second-order valence-electron chi connectivity index (χ2n) is 8.25. The molecule has 0 radical (unpaired) electrons. The molecule has 1 aliphatic rings. The molecular formula is C24H47N3O. The smallest absolute Gasteiger partial charge is 0.236 e. The molecule has 164 valence electrons. The number of amides is 1. The van der Waals surface area contributed by atoms with Crippen molar-refractivity contribution in [2.75, 3.05) is 39.3 Å². The van der Waals surface area contributed by atoms with E-state index < -0.39 is 0 Å². The zero-order valence-electron chi connectivity index (χ0n) is 18.7. The second-order valence-corrected chi connectivity index (χ2v) is 8.25. The Balaban J connectivity index is 1.74. The highest BCUT2D eigenvalue weighted by molar-refractivity contribution is 5.78. The molecule has 0 aliphatic carbocycles. The van der Waals surface area contributed by atoms with Crippen molar-refractivity contribution in [3.63, 3.8) is 0 Å². The van der Waals surface area contributed by atoms with Gasteiger partial charge in [0.25, 0.3) is 0 Å². The molecule has 1 amide bonds. The Morgan fingerprint density at radius 1 is 0.821 bits per heavy atom. The maximum Gasteiger partial charge on any atom is 0.236 e. The van der Waals surface area contributed by atoms with E-state index in [-0.39, 0.29) is 5.91 Å². The first-order chi connectivity index (χ1) is 13.8. The lowest BCUT2D eigenvalue weighted by molar-refractivity contribution is -0.130. The van der Waals surface area contributed by atoms with E-state index in [2.05, 4.69) is 29.7 Å². The summed E-state index contributed by atoms with van der Waals surface area (Å²) in [5, 5.41) is 6.59. The third-order valence-corrected chi connectivity index (χ3v) is 5.61. The van der Waals surface area contributed by atoms with Crippen LogP contribution in [-0.4, -0.2) is 50.1 Å². The average molecular weight is 394 g/mol. The molecule has 0 saturated carbocycles. The van der Waals surface area contributed by atoms with Gasteiger partial charge in [-0.3, -0.25) is 4.79 Å². The molecule has 0 atom stereocenters. The molecule has 4 heteroatoms. The number of hydrogen-bond acceptors (Lipinski definition) is 3. The summed E-state index contributed by atoms with van der Waals surface area (Å²) in [6, 6.07) is 0. The first-order valence-electron chi connectivity index (χ1n) is 12.2. The molecule has 28 heavy (non-hydrogen) atoms. The lowest BCUT2D eigenvalue weighted by Gasteiger charge is -2.27. The van der Waals surface area contributed by atoms with Gasteiger partial charge in [0.15, 0.2) is 0 Å². The first-order valence-corrected chi connectivity index (χ1v) is 12.2. The zero-order valence-corrected chi connectivity index (χ0v) is 18.7. The summed E-state index contributed by atoms with van der Waals surface area (Å²) >= 11 is 0. The molecule has 0 aromatic heterocycles. The number of allylic oxidation sites excluding steroid dienone is 2. The molecule has 1 saturated heterocycles. The summed E-state index contributed by atoms with van der Waals surface area (Å²) < 4.78 is 0. The van der Waals surface area contributed by atoms with Gasteiger partial charge in [-0.25, -0.2) is 0 Å². The Morgan fingerprint density at radius 3 is 1.96 bits per heavy atom. The maximum atomic E-state index is 12.0. The lowest BCUT2D eigenvalue weighted by Crippen LogP contribution is -2.49. The monoisotopic (exact) mass is 393 g/mol. The van der Waals surface area contributed by atoms with E-state index in [1.54, 1.807) is 0 Å². The SMILES string of the molecule is CCCCCCCCC=CCCCCCCCCNCC(=O)N1CCNCC1. The highest BCUT2D eigenvalue weighted by atomic mass is 16.2. The van der Waals surface area contributed by atoms with Crippen LogP contribution >= 0.6 is 0 Å². The van der Waals surface area contributed by atoms with Crippen molar-refractivity contribution >= 4 is 5.91 Å². The molecule has 0 bridgehead atoms. The summed E-state index contributed by atoms with van der Waals surface area (Å²) in [5.74, 6) is 0.256. The van der Waals surface area contributed by atoms with Gasteiger partial charge in [-0.05, 0) is 38.6 Å². The van der Waals surface area contributed by atoms with Gasteiger partial charge in [0.1, 0.15) is 0 Å². The first kappa shape index (κ1) is 25.2. The minimum Gasteiger partial charge on any atom is -0.339 e. The largest absolute Gasteiger partial charge is 0.339 e. The van der Waals surface area contributed by atoms with Crippen molar-refractivity contribution in [2.45, 2.75) is 96.8 Å². The van der Waals surface area contributed by atoms with Crippen LogP contribution in [0.15, 0.2) is 12.2 Å². The summed E-state index contributed by atoms with van der Waals surface area (Å²) in [6.07, 6.45) is 23.5. The summed E-state index contributed by atoms with van der Waals surface area (Å²) in [7, 11) is 0. The van der Waals surface area contributed by atoms with Gasteiger partial charge in [-0.15, -0.1) is 0 Å². The van der Waals surface area contributed by atoms with Crippen LogP contribution in [0.5, 0.6) is 0 Å². The molecular weight excluding hydrogens is 346 g/mol. The van der Waals surface area contributed by atoms with E-state index >= 15 is 0 Å². The van der Waals surface area contributed by atoms with Crippen molar-refractivity contribution in [1.29, 1.82) is 0 Å². The number of unbranched alkanes of at least 4 members (excludes halogenated alkanes) is 12. The van der Waals surface area contributed by atoms with Crippen molar-refractivity contribution in [3.8, 4) is 0 Å². The van der Waals surface area contributed by atoms with Gasteiger partial charge in [0, 0.05) is 26.2 Å². The van der Waals surface area contributed by atoms with Crippen LogP contribution in [0.3, 0.4) is 0 Å².